The summed E-state index contributed by atoms with van der Waals surface area (Å²) in [5.74, 6) is 0.0728. The Morgan fingerprint density at radius 1 is 1.54 bits per heavy atom. The van der Waals surface area contributed by atoms with Crippen LogP contribution in [-0.4, -0.2) is 38.7 Å². The van der Waals surface area contributed by atoms with Gasteiger partial charge in [-0.1, -0.05) is 0 Å². The number of piperidine rings is 1. The monoisotopic (exact) mass is 206 g/mol. The van der Waals surface area contributed by atoms with E-state index in [-0.39, 0.29) is 11.9 Å². The van der Waals surface area contributed by atoms with Crippen molar-refractivity contribution in [2.24, 2.45) is 0 Å². The number of nitrogens with zero attached hydrogens (tertiary/aromatic N) is 1. The van der Waals surface area contributed by atoms with Crippen molar-refractivity contribution in [3.8, 4) is 0 Å². The molecule has 1 rings (SSSR count). The molecular weight excluding hydrogens is 192 g/mol. The molecule has 0 saturated carbocycles. The first-order valence-electron chi connectivity index (χ1n) is 4.22. The number of rotatable bonds is 2. The highest BCUT2D eigenvalue weighted by molar-refractivity contribution is 7.77. The largest absolute Gasteiger partial charge is 0.343 e. The van der Waals surface area contributed by atoms with Crippen LogP contribution in [0.4, 0.5) is 0 Å². The van der Waals surface area contributed by atoms with Crippen LogP contribution in [0, 0.1) is 0 Å². The maximum absolute atomic E-state index is 10.9. The molecule has 0 aromatic heterocycles. The Morgan fingerprint density at radius 2 is 2.08 bits per heavy atom. The molecule has 1 aliphatic heterocycles. The van der Waals surface area contributed by atoms with E-state index in [1.807, 2.05) is 0 Å². The van der Waals surface area contributed by atoms with Crippen LogP contribution in [0.1, 0.15) is 19.8 Å². The van der Waals surface area contributed by atoms with Crippen molar-refractivity contribution in [2.45, 2.75) is 25.8 Å². The highest BCUT2D eigenvalue weighted by atomic mass is 32.2. The molecule has 0 aromatic rings. The quantitative estimate of drug-likeness (QED) is 0.611. The first kappa shape index (κ1) is 10.6. The molecule has 5 nitrogen and oxygen atoms in total. The second-order valence-electron chi connectivity index (χ2n) is 3.15. The van der Waals surface area contributed by atoms with Crippen LogP contribution in [0.3, 0.4) is 0 Å². The smallest absolute Gasteiger partial charge is 0.231 e. The van der Waals surface area contributed by atoms with Crippen molar-refractivity contribution in [2.75, 3.05) is 13.1 Å². The fraction of sp³-hybridized carbons (Fsp3) is 0.857. The topological polar surface area (TPSA) is 69.6 Å². The summed E-state index contributed by atoms with van der Waals surface area (Å²) < 4.78 is 21.5. The molecule has 13 heavy (non-hydrogen) atoms. The Bertz CT molecular complexity index is 214. The van der Waals surface area contributed by atoms with Crippen molar-refractivity contribution < 1.29 is 13.6 Å². The summed E-state index contributed by atoms with van der Waals surface area (Å²) in [5.41, 5.74) is 0. The van der Waals surface area contributed by atoms with Crippen LogP contribution < -0.4 is 4.72 Å². The van der Waals surface area contributed by atoms with Gasteiger partial charge in [0.25, 0.3) is 0 Å². The van der Waals surface area contributed by atoms with Gasteiger partial charge >= 0.3 is 0 Å². The van der Waals surface area contributed by atoms with E-state index in [1.165, 1.54) is 6.92 Å². The van der Waals surface area contributed by atoms with Crippen LogP contribution in [0.5, 0.6) is 0 Å². The molecule has 0 bridgehead atoms. The molecule has 1 saturated heterocycles. The molecule has 0 spiro atoms. The number of likely N-dealkylation sites (tertiary alicyclic amines) is 1. The van der Waals surface area contributed by atoms with Gasteiger partial charge in [0.1, 0.15) is 0 Å². The molecule has 6 heteroatoms. The van der Waals surface area contributed by atoms with Crippen molar-refractivity contribution in [1.82, 2.24) is 9.62 Å². The third-order valence-corrected chi connectivity index (χ3v) is 2.74. The van der Waals surface area contributed by atoms with Crippen molar-refractivity contribution in [1.29, 1.82) is 0 Å². The van der Waals surface area contributed by atoms with Crippen LogP contribution in [0.15, 0.2) is 0 Å². The maximum atomic E-state index is 10.9. The number of carbonyl (C=O) groups excluding carboxylic acids is 1. The third kappa shape index (κ3) is 3.41. The summed E-state index contributed by atoms with van der Waals surface area (Å²) in [5, 5.41) is 0. The average molecular weight is 206 g/mol. The van der Waals surface area contributed by atoms with Gasteiger partial charge in [0.2, 0.25) is 17.2 Å². The maximum Gasteiger partial charge on any atom is 0.231 e. The summed E-state index contributed by atoms with van der Waals surface area (Å²) in [4.78, 5) is 12.7. The number of hydrogen-bond donors (Lipinski definition) is 2. The van der Waals surface area contributed by atoms with E-state index in [0.29, 0.717) is 13.1 Å². The normalized spacial score (nSPS) is 21.5. The second-order valence-corrected chi connectivity index (χ2v) is 3.88. The predicted octanol–water partition coefficient (Wildman–Crippen LogP) is -0.276. The van der Waals surface area contributed by atoms with Gasteiger partial charge in [-0.2, -0.15) is 0 Å². The minimum Gasteiger partial charge on any atom is -0.343 e. The van der Waals surface area contributed by atoms with Gasteiger partial charge in [0.15, 0.2) is 0 Å². The zero-order valence-corrected chi connectivity index (χ0v) is 8.34. The van der Waals surface area contributed by atoms with E-state index in [0.717, 1.165) is 12.8 Å². The van der Waals surface area contributed by atoms with Gasteiger partial charge in [-0.3, -0.25) is 9.35 Å². The van der Waals surface area contributed by atoms with E-state index in [4.69, 9.17) is 4.55 Å². The van der Waals surface area contributed by atoms with Crippen LogP contribution in [0.25, 0.3) is 0 Å². The molecule has 1 atom stereocenters. The highest BCUT2D eigenvalue weighted by Crippen LogP contribution is 2.10. The van der Waals surface area contributed by atoms with Gasteiger partial charge in [-0.15, -0.1) is 0 Å². The Morgan fingerprint density at radius 3 is 2.46 bits per heavy atom. The predicted molar refractivity (Wildman–Crippen MR) is 49.2 cm³/mol. The molecular formula is C7H14N2O3S. The van der Waals surface area contributed by atoms with Gasteiger partial charge in [-0.25, -0.2) is 8.93 Å². The second kappa shape index (κ2) is 4.69. The highest BCUT2D eigenvalue weighted by Gasteiger charge is 2.21. The Balaban J connectivity index is 2.30. The summed E-state index contributed by atoms with van der Waals surface area (Å²) >= 11 is -1.94. The van der Waals surface area contributed by atoms with Crippen molar-refractivity contribution >= 4 is 17.2 Å². The SMILES string of the molecule is CC(=O)N1CCC(NS(=O)O)CC1. The van der Waals surface area contributed by atoms with Crippen LogP contribution in [-0.2, 0) is 16.1 Å². The summed E-state index contributed by atoms with van der Waals surface area (Å²) in [6, 6.07) is 0.0569. The van der Waals surface area contributed by atoms with Gasteiger partial charge in [-0.05, 0) is 12.8 Å². The van der Waals surface area contributed by atoms with Gasteiger partial charge < -0.3 is 4.90 Å². The fourth-order valence-corrected chi connectivity index (χ4v) is 1.98. The van der Waals surface area contributed by atoms with E-state index in [9.17, 15) is 9.00 Å². The summed E-state index contributed by atoms with van der Waals surface area (Å²) in [6.45, 7) is 2.88. The minimum absolute atomic E-state index is 0.0569. The summed E-state index contributed by atoms with van der Waals surface area (Å²) in [6.07, 6.45) is 1.48. The zero-order chi connectivity index (χ0) is 9.84. The molecule has 1 aliphatic rings. The molecule has 0 radical (unpaired) electrons. The fourth-order valence-electron chi connectivity index (χ4n) is 1.45. The number of nitrogens with one attached hydrogen (secondary N) is 1. The molecule has 76 valence electrons. The molecule has 0 aliphatic carbocycles. The van der Waals surface area contributed by atoms with E-state index >= 15 is 0 Å². The standard InChI is InChI=1S/C7H14N2O3S/c1-6(10)9-4-2-7(3-5-9)8-13(11)12/h7-8H,2-5H2,1H3,(H,11,12). The minimum atomic E-state index is -1.94. The molecule has 1 unspecified atom stereocenters. The molecule has 0 aromatic carbocycles. The lowest BCUT2D eigenvalue weighted by Gasteiger charge is -2.30. The van der Waals surface area contributed by atoms with E-state index in [1.54, 1.807) is 4.90 Å². The molecule has 1 fully saturated rings. The van der Waals surface area contributed by atoms with E-state index in [2.05, 4.69) is 4.72 Å². The van der Waals surface area contributed by atoms with Crippen molar-refractivity contribution in [3.05, 3.63) is 0 Å². The third-order valence-electron chi connectivity index (χ3n) is 2.21. The average Bonchev–Trinajstić information content (AvgIpc) is 2.04. The lowest BCUT2D eigenvalue weighted by atomic mass is 10.1. The Hall–Kier alpha value is -0.460. The first-order chi connectivity index (χ1) is 6.09. The van der Waals surface area contributed by atoms with Crippen LogP contribution >= 0.6 is 0 Å². The van der Waals surface area contributed by atoms with Crippen molar-refractivity contribution in [3.63, 3.8) is 0 Å². The van der Waals surface area contributed by atoms with E-state index < -0.39 is 11.3 Å². The Labute approximate surface area is 79.9 Å². The Kier molecular flexibility index (Phi) is 3.83. The summed E-state index contributed by atoms with van der Waals surface area (Å²) in [7, 11) is 0. The number of amides is 1. The van der Waals surface area contributed by atoms with Gasteiger partial charge in [0.05, 0.1) is 0 Å². The molecule has 1 heterocycles. The lowest BCUT2D eigenvalue weighted by Crippen LogP contribution is -2.44. The van der Waals surface area contributed by atoms with Crippen LogP contribution in [0.2, 0.25) is 0 Å². The number of carbonyl (C=O) groups is 1. The molecule has 2 N–H and O–H groups in total. The number of hydrogen-bond acceptors (Lipinski definition) is 2. The molecule has 1 amide bonds. The lowest BCUT2D eigenvalue weighted by molar-refractivity contribution is -0.129. The first-order valence-corrected chi connectivity index (χ1v) is 5.33. The zero-order valence-electron chi connectivity index (χ0n) is 7.52. The van der Waals surface area contributed by atoms with Gasteiger partial charge in [0, 0.05) is 26.1 Å².